The van der Waals surface area contributed by atoms with Gasteiger partial charge in [-0.3, -0.25) is 0 Å². The predicted molar refractivity (Wildman–Crippen MR) is 56.3 cm³/mol. The molecule has 2 nitrogen and oxygen atoms in total. The highest BCUT2D eigenvalue weighted by molar-refractivity contribution is 5.71. The SMILES string of the molecule is C=C(OCC)c1cccc(C)c1N. The van der Waals surface area contributed by atoms with Gasteiger partial charge in [-0.1, -0.05) is 18.7 Å². The van der Waals surface area contributed by atoms with Gasteiger partial charge in [0.15, 0.2) is 0 Å². The Morgan fingerprint density at radius 2 is 2.23 bits per heavy atom. The minimum atomic E-state index is 0.617. The number of nitrogens with two attached hydrogens (primary N) is 1. The summed E-state index contributed by atoms with van der Waals surface area (Å²) < 4.78 is 5.29. The Morgan fingerprint density at radius 3 is 2.85 bits per heavy atom. The van der Waals surface area contributed by atoms with Gasteiger partial charge < -0.3 is 10.5 Å². The molecule has 0 aliphatic heterocycles. The molecule has 0 fully saturated rings. The molecule has 1 aromatic rings. The molecule has 2 N–H and O–H groups in total. The van der Waals surface area contributed by atoms with Crippen molar-refractivity contribution in [2.24, 2.45) is 0 Å². The highest BCUT2D eigenvalue weighted by Crippen LogP contribution is 2.23. The van der Waals surface area contributed by atoms with Crippen molar-refractivity contribution < 1.29 is 4.74 Å². The smallest absolute Gasteiger partial charge is 0.121 e. The van der Waals surface area contributed by atoms with E-state index in [9.17, 15) is 0 Å². The number of aryl methyl sites for hydroxylation is 1. The molecule has 2 heteroatoms. The maximum Gasteiger partial charge on any atom is 0.121 e. The number of ether oxygens (including phenoxy) is 1. The van der Waals surface area contributed by atoms with Crippen LogP contribution >= 0.6 is 0 Å². The number of rotatable bonds is 3. The first-order chi connectivity index (χ1) is 6.16. The van der Waals surface area contributed by atoms with Crippen molar-refractivity contribution in [2.45, 2.75) is 13.8 Å². The van der Waals surface area contributed by atoms with E-state index >= 15 is 0 Å². The van der Waals surface area contributed by atoms with E-state index in [0.29, 0.717) is 12.4 Å². The third-order valence-corrected chi connectivity index (χ3v) is 1.94. The van der Waals surface area contributed by atoms with Crippen LogP contribution in [0.25, 0.3) is 5.76 Å². The average Bonchev–Trinajstić information content (AvgIpc) is 2.10. The molecule has 0 heterocycles. The van der Waals surface area contributed by atoms with Gasteiger partial charge in [0.1, 0.15) is 5.76 Å². The zero-order valence-electron chi connectivity index (χ0n) is 8.13. The number of nitrogen functional groups attached to an aromatic ring is 1. The number of para-hydroxylation sites is 1. The average molecular weight is 177 g/mol. The van der Waals surface area contributed by atoms with E-state index in [2.05, 4.69) is 6.58 Å². The molecule has 0 atom stereocenters. The maximum atomic E-state index is 5.87. The minimum absolute atomic E-state index is 0.617. The van der Waals surface area contributed by atoms with Gasteiger partial charge in [0.25, 0.3) is 0 Å². The summed E-state index contributed by atoms with van der Waals surface area (Å²) in [5.41, 5.74) is 8.57. The van der Waals surface area contributed by atoms with Crippen LogP contribution in [-0.2, 0) is 4.74 Å². The van der Waals surface area contributed by atoms with Crippen molar-refractivity contribution >= 4 is 11.4 Å². The highest BCUT2D eigenvalue weighted by atomic mass is 16.5. The first-order valence-electron chi connectivity index (χ1n) is 4.34. The van der Waals surface area contributed by atoms with Gasteiger partial charge in [-0.2, -0.15) is 0 Å². The van der Waals surface area contributed by atoms with Crippen molar-refractivity contribution in [3.63, 3.8) is 0 Å². The topological polar surface area (TPSA) is 35.2 Å². The van der Waals surface area contributed by atoms with Crippen LogP contribution in [0.2, 0.25) is 0 Å². The molecule has 0 aromatic heterocycles. The predicted octanol–water partition coefficient (Wildman–Crippen LogP) is 2.58. The van der Waals surface area contributed by atoms with Crippen molar-refractivity contribution in [1.82, 2.24) is 0 Å². The van der Waals surface area contributed by atoms with Crippen LogP contribution in [0.4, 0.5) is 5.69 Å². The summed E-state index contributed by atoms with van der Waals surface area (Å²) in [4.78, 5) is 0. The van der Waals surface area contributed by atoms with E-state index in [1.165, 1.54) is 0 Å². The molecule has 1 aromatic carbocycles. The molecule has 0 radical (unpaired) electrons. The molecule has 0 saturated carbocycles. The van der Waals surface area contributed by atoms with Gasteiger partial charge in [-0.05, 0) is 25.5 Å². The standard InChI is InChI=1S/C11H15NO/c1-4-13-9(3)10-7-5-6-8(2)11(10)12/h5-7H,3-4,12H2,1-2H3. The fourth-order valence-electron chi connectivity index (χ4n) is 1.18. The van der Waals surface area contributed by atoms with E-state index < -0.39 is 0 Å². The molecular formula is C11H15NO. The highest BCUT2D eigenvalue weighted by Gasteiger charge is 2.05. The fraction of sp³-hybridized carbons (Fsp3) is 0.273. The quantitative estimate of drug-likeness (QED) is 0.569. The zero-order chi connectivity index (χ0) is 9.84. The molecular weight excluding hydrogens is 162 g/mol. The molecule has 0 aliphatic rings. The summed E-state index contributed by atoms with van der Waals surface area (Å²) in [5.74, 6) is 0.642. The summed E-state index contributed by atoms with van der Waals surface area (Å²) in [5, 5.41) is 0. The molecule has 0 unspecified atom stereocenters. The van der Waals surface area contributed by atoms with Gasteiger partial charge >= 0.3 is 0 Å². The van der Waals surface area contributed by atoms with Crippen molar-refractivity contribution in [1.29, 1.82) is 0 Å². The second-order valence-corrected chi connectivity index (χ2v) is 2.89. The van der Waals surface area contributed by atoms with Gasteiger partial charge in [0.2, 0.25) is 0 Å². The Hall–Kier alpha value is -1.44. The number of benzene rings is 1. The molecule has 0 saturated heterocycles. The Kier molecular flexibility index (Phi) is 2.96. The number of hydrogen-bond acceptors (Lipinski definition) is 2. The molecule has 1 rings (SSSR count). The Balaban J connectivity index is 3.01. The van der Waals surface area contributed by atoms with E-state index in [1.54, 1.807) is 0 Å². The maximum absolute atomic E-state index is 5.87. The van der Waals surface area contributed by atoms with Crippen LogP contribution in [0.15, 0.2) is 24.8 Å². The molecule has 13 heavy (non-hydrogen) atoms. The molecule has 0 spiro atoms. The summed E-state index contributed by atoms with van der Waals surface area (Å²) in [6, 6.07) is 5.84. The van der Waals surface area contributed by atoms with E-state index in [1.807, 2.05) is 32.0 Å². The van der Waals surface area contributed by atoms with Gasteiger partial charge in [-0.15, -0.1) is 0 Å². The van der Waals surface area contributed by atoms with Gasteiger partial charge in [0, 0.05) is 11.3 Å². The molecule has 0 amide bonds. The Labute approximate surface area is 79.0 Å². The van der Waals surface area contributed by atoms with E-state index in [-0.39, 0.29) is 0 Å². The fourth-order valence-corrected chi connectivity index (χ4v) is 1.18. The van der Waals surface area contributed by atoms with Crippen LogP contribution < -0.4 is 5.73 Å². The van der Waals surface area contributed by atoms with Crippen molar-refractivity contribution in [3.05, 3.63) is 35.9 Å². The van der Waals surface area contributed by atoms with Crippen LogP contribution in [0.3, 0.4) is 0 Å². The second kappa shape index (κ2) is 3.99. The third kappa shape index (κ3) is 2.02. The van der Waals surface area contributed by atoms with Crippen molar-refractivity contribution in [3.8, 4) is 0 Å². The normalized spacial score (nSPS) is 9.69. The van der Waals surface area contributed by atoms with Crippen LogP contribution in [-0.4, -0.2) is 6.61 Å². The third-order valence-electron chi connectivity index (χ3n) is 1.94. The minimum Gasteiger partial charge on any atom is -0.494 e. The summed E-state index contributed by atoms with van der Waals surface area (Å²) in [6.45, 7) is 8.33. The van der Waals surface area contributed by atoms with Gasteiger partial charge in [0.05, 0.1) is 6.61 Å². The number of anilines is 1. The monoisotopic (exact) mass is 177 g/mol. The van der Waals surface area contributed by atoms with Crippen LogP contribution in [0.1, 0.15) is 18.1 Å². The first kappa shape index (κ1) is 9.65. The zero-order valence-corrected chi connectivity index (χ0v) is 8.13. The largest absolute Gasteiger partial charge is 0.494 e. The summed E-state index contributed by atoms with van der Waals surface area (Å²) >= 11 is 0. The molecule has 0 bridgehead atoms. The summed E-state index contributed by atoms with van der Waals surface area (Å²) in [7, 11) is 0. The van der Waals surface area contributed by atoms with E-state index in [4.69, 9.17) is 10.5 Å². The lowest BCUT2D eigenvalue weighted by atomic mass is 10.1. The van der Waals surface area contributed by atoms with Crippen molar-refractivity contribution in [2.75, 3.05) is 12.3 Å². The first-order valence-corrected chi connectivity index (χ1v) is 4.34. The van der Waals surface area contributed by atoms with E-state index in [0.717, 1.165) is 16.8 Å². The summed E-state index contributed by atoms with van der Waals surface area (Å²) in [6.07, 6.45) is 0. The lowest BCUT2D eigenvalue weighted by Gasteiger charge is -2.10. The lowest BCUT2D eigenvalue weighted by Crippen LogP contribution is -1.98. The number of hydrogen-bond donors (Lipinski definition) is 1. The molecule has 0 aliphatic carbocycles. The second-order valence-electron chi connectivity index (χ2n) is 2.89. The Morgan fingerprint density at radius 1 is 1.54 bits per heavy atom. The van der Waals surface area contributed by atoms with Crippen LogP contribution in [0, 0.1) is 6.92 Å². The van der Waals surface area contributed by atoms with Gasteiger partial charge in [-0.25, -0.2) is 0 Å². The lowest BCUT2D eigenvalue weighted by molar-refractivity contribution is 0.299. The van der Waals surface area contributed by atoms with Crippen LogP contribution in [0.5, 0.6) is 0 Å². The Bertz CT molecular complexity index is 318. The molecule has 70 valence electrons.